The number of carboxylic acid groups (broad SMARTS) is 1. The molecule has 2 aromatic carbocycles. The van der Waals surface area contributed by atoms with Crippen molar-refractivity contribution in [1.82, 2.24) is 5.16 Å². The van der Waals surface area contributed by atoms with Gasteiger partial charge in [0.2, 0.25) is 5.69 Å². The van der Waals surface area contributed by atoms with E-state index in [1.54, 1.807) is 0 Å². The molecule has 0 amide bonds. The maximum Gasteiger partial charge on any atom is 0.416 e. The molecule has 3 aromatic rings. The van der Waals surface area contributed by atoms with Crippen molar-refractivity contribution < 1.29 is 53.9 Å². The molecule has 1 aromatic heterocycles. The molecule has 3 rings (SSSR count). The molecular weight excluding hydrogens is 525 g/mol. The third-order valence-corrected chi connectivity index (χ3v) is 4.91. The van der Waals surface area contributed by atoms with Gasteiger partial charge in [0.1, 0.15) is 0 Å². The van der Waals surface area contributed by atoms with Gasteiger partial charge in [0.05, 0.1) is 33.7 Å². The van der Waals surface area contributed by atoms with Crippen LogP contribution in [0.1, 0.15) is 51.0 Å². The van der Waals surface area contributed by atoms with Crippen LogP contribution in [0.2, 0.25) is 0 Å². The number of nitrogens with zero attached hydrogens (tertiary/aromatic N) is 2. The first-order chi connectivity index (χ1) is 17.0. The van der Waals surface area contributed by atoms with Crippen LogP contribution in [0.5, 0.6) is 0 Å². The highest BCUT2D eigenvalue weighted by Crippen LogP contribution is 2.37. The van der Waals surface area contributed by atoms with Crippen LogP contribution in [0.15, 0.2) is 52.1 Å². The van der Waals surface area contributed by atoms with Crippen molar-refractivity contribution in [1.29, 1.82) is 0 Å². The minimum Gasteiger partial charge on any atom is -0.476 e. The van der Waals surface area contributed by atoms with E-state index in [4.69, 9.17) is 4.52 Å². The third kappa shape index (κ3) is 6.59. The Morgan fingerprint density at radius 3 is 1.86 bits per heavy atom. The van der Waals surface area contributed by atoms with E-state index in [1.165, 1.54) is 6.92 Å². The van der Waals surface area contributed by atoms with Crippen LogP contribution < -0.4 is 5.43 Å². The Hall–Kier alpha value is -4.04. The van der Waals surface area contributed by atoms with Crippen LogP contribution in [-0.4, -0.2) is 21.9 Å². The monoisotopic (exact) mass is 539 g/mol. The van der Waals surface area contributed by atoms with Gasteiger partial charge in [0.15, 0.2) is 5.76 Å². The zero-order chi connectivity index (χ0) is 27.8. The summed E-state index contributed by atoms with van der Waals surface area (Å²) in [6.07, 6.45) is -15.0. The fourth-order valence-electron chi connectivity index (χ4n) is 3.18. The number of hydrogen-bond acceptors (Lipinski definition) is 5. The second-order valence-corrected chi connectivity index (χ2v) is 7.61. The highest BCUT2D eigenvalue weighted by molar-refractivity contribution is 6.07. The maximum atomic E-state index is 13.1. The normalized spacial score (nSPS) is 13.1. The lowest BCUT2D eigenvalue weighted by atomic mass is 10.0. The van der Waals surface area contributed by atoms with Gasteiger partial charge in [-0.3, -0.25) is 5.43 Å². The summed E-state index contributed by atoms with van der Waals surface area (Å²) < 4.78 is 122. The van der Waals surface area contributed by atoms with E-state index in [-0.39, 0.29) is 35.1 Å². The van der Waals surface area contributed by atoms with Crippen LogP contribution in [0, 0.1) is 0 Å². The number of alkyl halides is 9. The number of hydrazone groups is 1. The summed E-state index contributed by atoms with van der Waals surface area (Å²) in [5.41, 5.74) is -3.71. The van der Waals surface area contributed by atoms with Crippen molar-refractivity contribution in [3.05, 3.63) is 81.7 Å². The van der Waals surface area contributed by atoms with Gasteiger partial charge >= 0.3 is 24.5 Å². The largest absolute Gasteiger partial charge is 0.476 e. The fraction of sp³-hybridized carbons (Fsp3) is 0.227. The fourth-order valence-corrected chi connectivity index (χ4v) is 3.18. The average Bonchev–Trinajstić information content (AvgIpc) is 3.20. The van der Waals surface area contributed by atoms with Gasteiger partial charge in [0.25, 0.3) is 0 Å². The van der Waals surface area contributed by atoms with Crippen molar-refractivity contribution in [3.8, 4) is 0 Å². The minimum atomic E-state index is -5.10. The van der Waals surface area contributed by atoms with Crippen molar-refractivity contribution in [3.63, 3.8) is 0 Å². The van der Waals surface area contributed by atoms with Crippen LogP contribution in [-0.2, 0) is 24.9 Å². The summed E-state index contributed by atoms with van der Waals surface area (Å²) in [7, 11) is 0. The van der Waals surface area contributed by atoms with E-state index in [0.717, 1.165) is 24.3 Å². The van der Waals surface area contributed by atoms with E-state index in [2.05, 4.69) is 10.3 Å². The van der Waals surface area contributed by atoms with Gasteiger partial charge in [0, 0.05) is 6.42 Å². The zero-order valence-corrected chi connectivity index (χ0v) is 18.3. The number of anilines is 1. The Balaban J connectivity index is 1.96. The molecule has 198 valence electrons. The number of carbonyl (C=O) groups is 1. The first-order valence-corrected chi connectivity index (χ1v) is 9.95. The van der Waals surface area contributed by atoms with E-state index in [1.807, 2.05) is 5.43 Å². The summed E-state index contributed by atoms with van der Waals surface area (Å²) in [6, 6.07) is 4.48. The number of aromatic nitrogens is 1. The molecule has 0 bridgehead atoms. The molecule has 0 aliphatic heterocycles. The predicted octanol–water partition coefficient (Wildman–Crippen LogP) is 6.86. The standard InChI is InChI=1S/C22H14F9N3O3/c1-10(32-33-15-8-13(21(26,27)28)7-14(9-15)22(29,30)31)17-16(37-34-18(17)19(35)36)6-11-2-4-12(5-3-11)20(23,24)25/h2-5,7-9,33H,6H2,1H3,(H,35,36)/b32-10+. The van der Waals surface area contributed by atoms with Crippen molar-refractivity contribution in [2.24, 2.45) is 5.10 Å². The molecule has 1 heterocycles. The Morgan fingerprint density at radius 2 is 1.41 bits per heavy atom. The molecule has 2 N–H and O–H groups in total. The molecule has 0 unspecified atom stereocenters. The Morgan fingerprint density at radius 1 is 0.892 bits per heavy atom. The summed E-state index contributed by atoms with van der Waals surface area (Å²) in [4.78, 5) is 11.6. The summed E-state index contributed by atoms with van der Waals surface area (Å²) in [5, 5.41) is 16.5. The van der Waals surface area contributed by atoms with E-state index in [0.29, 0.717) is 12.1 Å². The number of aromatic carboxylic acids is 1. The zero-order valence-electron chi connectivity index (χ0n) is 18.3. The lowest BCUT2D eigenvalue weighted by molar-refractivity contribution is -0.143. The van der Waals surface area contributed by atoms with Gasteiger partial charge in [-0.15, -0.1) is 0 Å². The molecule has 0 radical (unpaired) electrons. The maximum absolute atomic E-state index is 13.1. The molecule has 0 aliphatic rings. The summed E-state index contributed by atoms with van der Waals surface area (Å²) in [5.74, 6) is -1.76. The van der Waals surface area contributed by atoms with Gasteiger partial charge in [-0.05, 0) is 42.8 Å². The van der Waals surface area contributed by atoms with Crippen LogP contribution >= 0.6 is 0 Å². The second-order valence-electron chi connectivity index (χ2n) is 7.61. The Bertz CT molecular complexity index is 1290. The number of hydrogen-bond donors (Lipinski definition) is 2. The van der Waals surface area contributed by atoms with E-state index in [9.17, 15) is 49.4 Å². The first kappa shape index (κ1) is 27.5. The molecule has 0 saturated carbocycles. The van der Waals surface area contributed by atoms with Crippen LogP contribution in [0.4, 0.5) is 45.2 Å². The number of carboxylic acids is 1. The number of halogens is 9. The average molecular weight is 539 g/mol. The molecule has 0 fully saturated rings. The van der Waals surface area contributed by atoms with Gasteiger partial charge < -0.3 is 9.63 Å². The SMILES string of the molecule is C/C(=N\Nc1cc(C(F)(F)F)cc(C(F)(F)F)c1)c1c(C(=O)O)noc1Cc1ccc(C(F)(F)F)cc1. The second kappa shape index (κ2) is 9.78. The molecule has 0 saturated heterocycles. The predicted molar refractivity (Wildman–Crippen MR) is 110 cm³/mol. The first-order valence-electron chi connectivity index (χ1n) is 9.95. The molecule has 0 spiro atoms. The van der Waals surface area contributed by atoms with Crippen LogP contribution in [0.25, 0.3) is 0 Å². The minimum absolute atomic E-state index is 0.0769. The number of nitrogens with one attached hydrogen (secondary N) is 1. The molecule has 0 atom stereocenters. The summed E-state index contributed by atoms with van der Waals surface area (Å²) in [6.45, 7) is 1.18. The lowest BCUT2D eigenvalue weighted by Gasteiger charge is -2.14. The topological polar surface area (TPSA) is 87.7 Å². The Labute approximate surface area is 201 Å². The van der Waals surface area contributed by atoms with Gasteiger partial charge in [-0.2, -0.15) is 44.6 Å². The van der Waals surface area contributed by atoms with Gasteiger partial charge in [-0.25, -0.2) is 4.79 Å². The highest BCUT2D eigenvalue weighted by Gasteiger charge is 2.37. The highest BCUT2D eigenvalue weighted by atomic mass is 19.4. The molecule has 37 heavy (non-hydrogen) atoms. The number of rotatable bonds is 6. The lowest BCUT2D eigenvalue weighted by Crippen LogP contribution is -2.12. The van der Waals surface area contributed by atoms with Crippen molar-refractivity contribution in [2.45, 2.75) is 31.9 Å². The van der Waals surface area contributed by atoms with Crippen LogP contribution in [0.3, 0.4) is 0 Å². The van der Waals surface area contributed by atoms with E-state index >= 15 is 0 Å². The molecule has 15 heteroatoms. The summed E-state index contributed by atoms with van der Waals surface area (Å²) >= 11 is 0. The molecule has 6 nitrogen and oxygen atoms in total. The van der Waals surface area contributed by atoms with Gasteiger partial charge in [-0.1, -0.05) is 17.3 Å². The quantitative estimate of drug-likeness (QED) is 0.203. The third-order valence-electron chi connectivity index (χ3n) is 4.91. The van der Waals surface area contributed by atoms with Crippen molar-refractivity contribution in [2.75, 3.05) is 5.43 Å². The molecular formula is C22H14F9N3O3. The molecule has 0 aliphatic carbocycles. The number of benzene rings is 2. The van der Waals surface area contributed by atoms with Crippen molar-refractivity contribution >= 4 is 17.4 Å². The van der Waals surface area contributed by atoms with E-state index < -0.39 is 52.6 Å². The smallest absolute Gasteiger partial charge is 0.416 e. The Kier molecular flexibility index (Phi) is 7.28.